The van der Waals surface area contributed by atoms with Crippen LogP contribution in [0.15, 0.2) is 23.0 Å². The van der Waals surface area contributed by atoms with Crippen LogP contribution in [0.3, 0.4) is 0 Å². The molecule has 0 aliphatic rings. The van der Waals surface area contributed by atoms with Gasteiger partial charge < -0.3 is 10.3 Å². The summed E-state index contributed by atoms with van der Waals surface area (Å²) in [4.78, 5) is 19.0. The number of rotatable bonds is 3. The molecule has 20 heavy (non-hydrogen) atoms. The molecule has 1 aromatic carbocycles. The molecule has 0 aliphatic heterocycles. The number of nitrogens with one attached hydrogen (secondary N) is 2. The van der Waals surface area contributed by atoms with Crippen molar-refractivity contribution in [3.05, 3.63) is 57.0 Å². The summed E-state index contributed by atoms with van der Waals surface area (Å²) < 4.78 is 13.8. The number of para-hydroxylation sites is 1. The van der Waals surface area contributed by atoms with Crippen LogP contribution in [-0.2, 0) is 0 Å². The highest BCUT2D eigenvalue weighted by Gasteiger charge is 2.16. The van der Waals surface area contributed by atoms with E-state index in [2.05, 4.69) is 15.3 Å². The van der Waals surface area contributed by atoms with E-state index in [0.717, 1.165) is 5.56 Å². The SMILES string of the molecule is Cc1nc(C)c(C(C)Nc2c(C)cccc2F)c(=O)[nH]1. The minimum absolute atomic E-state index is 0.191. The molecule has 4 nitrogen and oxygen atoms in total. The molecular formula is C15H18FN3O. The minimum Gasteiger partial charge on any atom is -0.376 e. The third-order valence-corrected chi connectivity index (χ3v) is 3.28. The maximum Gasteiger partial charge on any atom is 0.256 e. The molecule has 1 unspecified atom stereocenters. The Morgan fingerprint density at radius 1 is 1.30 bits per heavy atom. The van der Waals surface area contributed by atoms with Gasteiger partial charge in [-0.25, -0.2) is 9.37 Å². The molecule has 1 aromatic heterocycles. The van der Waals surface area contributed by atoms with Crippen LogP contribution in [-0.4, -0.2) is 9.97 Å². The molecule has 2 aromatic rings. The Balaban J connectivity index is 2.39. The van der Waals surface area contributed by atoms with Gasteiger partial charge in [0.2, 0.25) is 0 Å². The average Bonchev–Trinajstić information content (AvgIpc) is 2.32. The standard InChI is InChI=1S/C15H18FN3O/c1-8-6-5-7-12(16)14(8)18-10(3)13-9(2)17-11(4)19-15(13)20/h5-7,10,18H,1-4H3,(H,17,19,20). The van der Waals surface area contributed by atoms with E-state index in [1.807, 2.05) is 19.9 Å². The molecule has 0 saturated carbocycles. The van der Waals surface area contributed by atoms with E-state index < -0.39 is 0 Å². The molecule has 0 amide bonds. The van der Waals surface area contributed by atoms with Crippen molar-refractivity contribution >= 4 is 5.69 Å². The van der Waals surface area contributed by atoms with E-state index >= 15 is 0 Å². The molecule has 2 N–H and O–H groups in total. The van der Waals surface area contributed by atoms with Crippen LogP contribution in [0.1, 0.15) is 35.6 Å². The number of aromatic amines is 1. The number of benzene rings is 1. The molecule has 0 radical (unpaired) electrons. The lowest BCUT2D eigenvalue weighted by molar-refractivity contribution is 0.625. The van der Waals surface area contributed by atoms with Crippen LogP contribution in [0.25, 0.3) is 0 Å². The molecule has 2 rings (SSSR count). The number of H-pyrrole nitrogens is 1. The fourth-order valence-corrected chi connectivity index (χ4v) is 2.35. The maximum absolute atomic E-state index is 13.8. The molecule has 1 heterocycles. The van der Waals surface area contributed by atoms with Crippen molar-refractivity contribution in [2.45, 2.75) is 33.7 Å². The molecule has 0 fully saturated rings. The van der Waals surface area contributed by atoms with E-state index in [9.17, 15) is 9.18 Å². The number of aromatic nitrogens is 2. The lowest BCUT2D eigenvalue weighted by Crippen LogP contribution is -2.23. The summed E-state index contributed by atoms with van der Waals surface area (Å²) in [5.41, 5.74) is 2.20. The molecule has 0 bridgehead atoms. The predicted molar refractivity (Wildman–Crippen MR) is 77.5 cm³/mol. The van der Waals surface area contributed by atoms with Crippen LogP contribution in [0, 0.1) is 26.6 Å². The van der Waals surface area contributed by atoms with Gasteiger partial charge in [0.1, 0.15) is 11.6 Å². The second kappa shape index (κ2) is 5.45. The summed E-state index contributed by atoms with van der Waals surface area (Å²) in [7, 11) is 0. The summed E-state index contributed by atoms with van der Waals surface area (Å²) >= 11 is 0. The lowest BCUT2D eigenvalue weighted by atomic mass is 10.1. The van der Waals surface area contributed by atoms with Gasteiger partial charge in [0, 0.05) is 0 Å². The zero-order valence-electron chi connectivity index (χ0n) is 12.0. The Bertz CT molecular complexity index is 674. The van der Waals surface area contributed by atoms with Crippen molar-refractivity contribution < 1.29 is 4.39 Å². The normalized spacial score (nSPS) is 12.2. The number of halogens is 1. The highest BCUT2D eigenvalue weighted by Crippen LogP contribution is 2.24. The van der Waals surface area contributed by atoms with Crippen LogP contribution in [0.5, 0.6) is 0 Å². The van der Waals surface area contributed by atoms with Gasteiger partial charge >= 0.3 is 0 Å². The molecule has 106 valence electrons. The highest BCUT2D eigenvalue weighted by molar-refractivity contribution is 5.53. The largest absolute Gasteiger partial charge is 0.376 e. The number of nitrogens with zero attached hydrogens (tertiary/aromatic N) is 1. The van der Waals surface area contributed by atoms with Gasteiger partial charge in [0.25, 0.3) is 5.56 Å². The highest BCUT2D eigenvalue weighted by atomic mass is 19.1. The average molecular weight is 275 g/mol. The quantitative estimate of drug-likeness (QED) is 0.905. The topological polar surface area (TPSA) is 57.8 Å². The van der Waals surface area contributed by atoms with E-state index in [1.165, 1.54) is 6.07 Å². The van der Waals surface area contributed by atoms with Crippen LogP contribution in [0.4, 0.5) is 10.1 Å². The third kappa shape index (κ3) is 2.71. The molecular weight excluding hydrogens is 257 g/mol. The monoisotopic (exact) mass is 275 g/mol. The zero-order chi connectivity index (χ0) is 14.9. The van der Waals surface area contributed by atoms with Crippen molar-refractivity contribution in [2.75, 3.05) is 5.32 Å². The van der Waals surface area contributed by atoms with Gasteiger partial charge in [0.15, 0.2) is 0 Å². The number of hydrogen-bond acceptors (Lipinski definition) is 3. The van der Waals surface area contributed by atoms with Crippen LogP contribution < -0.4 is 10.9 Å². The van der Waals surface area contributed by atoms with E-state index in [4.69, 9.17) is 0 Å². The second-order valence-corrected chi connectivity index (χ2v) is 4.95. The Hall–Kier alpha value is -2.17. The van der Waals surface area contributed by atoms with Crippen molar-refractivity contribution in [1.82, 2.24) is 9.97 Å². The van der Waals surface area contributed by atoms with Gasteiger partial charge in [-0.05, 0) is 39.3 Å². The number of hydrogen-bond donors (Lipinski definition) is 2. The summed E-state index contributed by atoms with van der Waals surface area (Å²) in [6.07, 6.45) is 0. The van der Waals surface area contributed by atoms with Gasteiger partial charge in [-0.1, -0.05) is 12.1 Å². The molecule has 0 aliphatic carbocycles. The summed E-state index contributed by atoms with van der Waals surface area (Å²) in [6, 6.07) is 4.55. The molecule has 5 heteroatoms. The first kappa shape index (κ1) is 14.2. The van der Waals surface area contributed by atoms with Gasteiger partial charge in [0.05, 0.1) is 23.0 Å². The summed E-state index contributed by atoms with van der Waals surface area (Å²) in [5, 5.41) is 3.06. The van der Waals surface area contributed by atoms with Gasteiger partial charge in [-0.15, -0.1) is 0 Å². The van der Waals surface area contributed by atoms with Gasteiger partial charge in [-0.2, -0.15) is 0 Å². The Labute approximate surface area is 117 Å². The first-order valence-corrected chi connectivity index (χ1v) is 6.49. The fraction of sp³-hybridized carbons (Fsp3) is 0.333. The lowest BCUT2D eigenvalue weighted by Gasteiger charge is -2.18. The van der Waals surface area contributed by atoms with Crippen LogP contribution in [0.2, 0.25) is 0 Å². The fourth-order valence-electron chi connectivity index (χ4n) is 2.35. The number of anilines is 1. The van der Waals surface area contributed by atoms with Crippen molar-refractivity contribution in [3.8, 4) is 0 Å². The third-order valence-electron chi connectivity index (χ3n) is 3.28. The zero-order valence-corrected chi connectivity index (χ0v) is 12.0. The molecule has 0 spiro atoms. The van der Waals surface area contributed by atoms with E-state index in [0.29, 0.717) is 22.8 Å². The maximum atomic E-state index is 13.8. The van der Waals surface area contributed by atoms with E-state index in [1.54, 1.807) is 19.9 Å². The first-order chi connectivity index (χ1) is 9.40. The van der Waals surface area contributed by atoms with Crippen molar-refractivity contribution in [1.29, 1.82) is 0 Å². The predicted octanol–water partition coefficient (Wildman–Crippen LogP) is 3.01. The smallest absolute Gasteiger partial charge is 0.256 e. The Kier molecular flexibility index (Phi) is 3.88. The van der Waals surface area contributed by atoms with Crippen LogP contribution >= 0.6 is 0 Å². The summed E-state index contributed by atoms with van der Waals surface area (Å²) in [5.74, 6) is 0.247. The summed E-state index contributed by atoms with van der Waals surface area (Å²) in [6.45, 7) is 7.16. The molecule has 0 saturated heterocycles. The Morgan fingerprint density at radius 3 is 2.60 bits per heavy atom. The minimum atomic E-state index is -0.331. The van der Waals surface area contributed by atoms with Gasteiger partial charge in [-0.3, -0.25) is 4.79 Å². The first-order valence-electron chi connectivity index (χ1n) is 6.49. The van der Waals surface area contributed by atoms with E-state index in [-0.39, 0.29) is 17.4 Å². The second-order valence-electron chi connectivity index (χ2n) is 4.95. The Morgan fingerprint density at radius 2 is 2.00 bits per heavy atom. The van der Waals surface area contributed by atoms with Crippen molar-refractivity contribution in [3.63, 3.8) is 0 Å². The molecule has 1 atom stereocenters. The number of aryl methyl sites for hydroxylation is 3. The van der Waals surface area contributed by atoms with Crippen molar-refractivity contribution in [2.24, 2.45) is 0 Å².